The molecule has 2 bridgehead atoms. The van der Waals surface area contributed by atoms with Crippen LogP contribution in [0.1, 0.15) is 103 Å². The van der Waals surface area contributed by atoms with Gasteiger partial charge in [0, 0.05) is 56.1 Å². The Kier molecular flexibility index (Phi) is 10.2. The van der Waals surface area contributed by atoms with Crippen LogP contribution in [0.4, 0.5) is 11.4 Å². The van der Waals surface area contributed by atoms with E-state index in [0.717, 1.165) is 100 Å². The molecular formula is C40H47Cl2N7O4. The summed E-state index contributed by atoms with van der Waals surface area (Å²) in [6, 6.07) is 10.7. The fourth-order valence-electron chi connectivity index (χ4n) is 8.98. The van der Waals surface area contributed by atoms with Gasteiger partial charge >= 0.3 is 5.97 Å². The van der Waals surface area contributed by atoms with E-state index in [1.165, 1.54) is 0 Å². The van der Waals surface area contributed by atoms with Crippen LogP contribution in [0.15, 0.2) is 36.4 Å². The van der Waals surface area contributed by atoms with E-state index in [1.807, 2.05) is 42.3 Å². The van der Waals surface area contributed by atoms with Crippen LogP contribution in [0.3, 0.4) is 0 Å². The highest BCUT2D eigenvalue weighted by Crippen LogP contribution is 2.63. The number of rotatable bonds is 12. The lowest BCUT2D eigenvalue weighted by Gasteiger charge is -2.32. The van der Waals surface area contributed by atoms with E-state index >= 15 is 0 Å². The number of fused-ring (bicyclic) bond motifs is 3. The van der Waals surface area contributed by atoms with Gasteiger partial charge in [0.2, 0.25) is 0 Å². The Hall–Kier alpha value is -4.19. The van der Waals surface area contributed by atoms with Crippen molar-refractivity contribution in [2.24, 2.45) is 24.9 Å². The molecule has 7 rings (SSSR count). The maximum absolute atomic E-state index is 13.7. The summed E-state index contributed by atoms with van der Waals surface area (Å²) >= 11 is 13.9. The summed E-state index contributed by atoms with van der Waals surface area (Å²) in [5.74, 6) is -0.724. The van der Waals surface area contributed by atoms with Crippen LogP contribution >= 0.6 is 23.2 Å². The molecule has 0 atom stereocenters. The summed E-state index contributed by atoms with van der Waals surface area (Å²) in [5, 5.41) is 16.3. The number of aryl methyl sites for hydroxylation is 1. The Morgan fingerprint density at radius 1 is 0.868 bits per heavy atom. The first-order valence-corrected chi connectivity index (χ1v) is 19.4. The lowest BCUT2D eigenvalue weighted by molar-refractivity contribution is -0.148. The molecule has 53 heavy (non-hydrogen) atoms. The molecule has 3 heterocycles. The van der Waals surface area contributed by atoms with Gasteiger partial charge in [0.05, 0.1) is 38.2 Å². The SMILES string of the molecule is CCCc1c(CC)nc(C(=O)Nc2cccc(-c3cccc(NC(=O)c4nc5c(n4C)CCN(CCC46CCC(C(=O)O)(CC4)C6)C5)c3Cl)c2Cl)n1C. The third-order valence-corrected chi connectivity index (χ3v) is 12.9. The normalized spacial score (nSPS) is 20.8. The molecule has 0 radical (unpaired) electrons. The summed E-state index contributed by atoms with van der Waals surface area (Å²) in [4.78, 5) is 50.8. The molecule has 0 spiro atoms. The van der Waals surface area contributed by atoms with E-state index < -0.39 is 11.4 Å². The van der Waals surface area contributed by atoms with Gasteiger partial charge in [-0.3, -0.25) is 19.3 Å². The van der Waals surface area contributed by atoms with Gasteiger partial charge in [-0.05, 0) is 75.5 Å². The molecule has 2 fully saturated rings. The van der Waals surface area contributed by atoms with E-state index in [4.69, 9.17) is 28.2 Å². The number of carbonyl (C=O) groups excluding carboxylic acids is 2. The largest absolute Gasteiger partial charge is 0.481 e. The fourth-order valence-corrected chi connectivity index (χ4v) is 9.53. The van der Waals surface area contributed by atoms with Gasteiger partial charge in [-0.15, -0.1) is 0 Å². The summed E-state index contributed by atoms with van der Waals surface area (Å²) in [5.41, 5.74) is 5.56. The van der Waals surface area contributed by atoms with Gasteiger partial charge in [0.15, 0.2) is 11.6 Å². The van der Waals surface area contributed by atoms with E-state index in [1.54, 1.807) is 24.3 Å². The number of aromatic nitrogens is 4. The van der Waals surface area contributed by atoms with Gasteiger partial charge in [0.1, 0.15) is 0 Å². The quantitative estimate of drug-likeness (QED) is 0.134. The van der Waals surface area contributed by atoms with Crippen molar-refractivity contribution in [1.82, 2.24) is 24.0 Å². The Morgan fingerprint density at radius 2 is 1.47 bits per heavy atom. The number of carboxylic acids is 1. The maximum atomic E-state index is 13.7. The summed E-state index contributed by atoms with van der Waals surface area (Å²) in [6.07, 6.45) is 8.67. The average Bonchev–Trinajstić information content (AvgIpc) is 3.90. The molecule has 4 aromatic rings. The predicted octanol–water partition coefficient (Wildman–Crippen LogP) is 7.93. The lowest BCUT2D eigenvalue weighted by atomic mass is 9.80. The topological polar surface area (TPSA) is 134 Å². The number of benzene rings is 2. The summed E-state index contributed by atoms with van der Waals surface area (Å²) in [6.45, 7) is 6.54. The predicted molar refractivity (Wildman–Crippen MR) is 207 cm³/mol. The number of aliphatic carboxylic acids is 1. The molecule has 0 saturated heterocycles. The lowest BCUT2D eigenvalue weighted by Crippen LogP contribution is -2.34. The molecule has 1 aliphatic heterocycles. The molecular weight excluding hydrogens is 713 g/mol. The van der Waals surface area contributed by atoms with Crippen LogP contribution < -0.4 is 10.6 Å². The molecule has 13 heteroatoms. The minimum absolute atomic E-state index is 0.137. The number of carbonyl (C=O) groups is 3. The highest BCUT2D eigenvalue weighted by Gasteiger charge is 2.57. The second-order valence-electron chi connectivity index (χ2n) is 15.2. The Labute approximate surface area is 320 Å². The van der Waals surface area contributed by atoms with Crippen LogP contribution in [0.5, 0.6) is 0 Å². The molecule has 2 aromatic heterocycles. The Bertz CT molecular complexity index is 2100. The van der Waals surface area contributed by atoms with Crippen molar-refractivity contribution in [3.63, 3.8) is 0 Å². The van der Waals surface area contributed by atoms with Crippen LogP contribution in [0.2, 0.25) is 10.0 Å². The van der Waals surface area contributed by atoms with Crippen molar-refractivity contribution in [2.45, 2.75) is 84.6 Å². The highest BCUT2D eigenvalue weighted by molar-refractivity contribution is 6.40. The van der Waals surface area contributed by atoms with Crippen LogP contribution in [-0.4, -0.2) is 60.0 Å². The van der Waals surface area contributed by atoms with E-state index in [0.29, 0.717) is 50.7 Å². The number of carboxylic acid groups (broad SMARTS) is 1. The molecule has 2 aliphatic carbocycles. The van der Waals surface area contributed by atoms with Gasteiger partial charge in [0.25, 0.3) is 11.8 Å². The molecule has 2 amide bonds. The highest BCUT2D eigenvalue weighted by atomic mass is 35.5. The van der Waals surface area contributed by atoms with Crippen LogP contribution in [-0.2, 0) is 44.7 Å². The minimum Gasteiger partial charge on any atom is -0.481 e. The number of imidazole rings is 2. The van der Waals surface area contributed by atoms with E-state index in [2.05, 4.69) is 27.4 Å². The standard InChI is InChI=1S/C40H47Cl2N7O4/c1-5-9-30-26(6-2)43-34(47(30)3)36(50)45-27-12-7-10-24(32(27)41)25-11-8-13-28(33(25)42)46-37(51)35-44-29-22-49(20-14-31(29)48(35)4)21-19-39-15-17-40(23-39,18-16-39)38(52)53/h7-8,10-13H,5-6,9,14-23H2,1-4H3,(H,45,50)(H,46,51)(H,52,53). The zero-order valence-electron chi connectivity index (χ0n) is 30.8. The average molecular weight is 761 g/mol. The number of nitrogens with one attached hydrogen (secondary N) is 2. The molecule has 0 unspecified atom stereocenters. The first-order chi connectivity index (χ1) is 25.4. The van der Waals surface area contributed by atoms with Crippen molar-refractivity contribution < 1.29 is 19.5 Å². The van der Waals surface area contributed by atoms with E-state index in [-0.39, 0.29) is 17.2 Å². The summed E-state index contributed by atoms with van der Waals surface area (Å²) < 4.78 is 3.72. The molecule has 280 valence electrons. The Morgan fingerprint density at radius 3 is 2.02 bits per heavy atom. The van der Waals surface area contributed by atoms with Gasteiger partial charge in [-0.25, -0.2) is 9.97 Å². The molecule has 2 saturated carbocycles. The van der Waals surface area contributed by atoms with Crippen LogP contribution in [0.25, 0.3) is 11.1 Å². The second kappa shape index (κ2) is 14.6. The third-order valence-electron chi connectivity index (χ3n) is 12.0. The third kappa shape index (κ3) is 6.76. The van der Waals surface area contributed by atoms with E-state index in [9.17, 15) is 19.5 Å². The van der Waals surface area contributed by atoms with Gasteiger partial charge < -0.3 is 24.9 Å². The number of anilines is 2. The zero-order chi connectivity index (χ0) is 37.7. The second-order valence-corrected chi connectivity index (χ2v) is 15.9. The van der Waals surface area contributed by atoms with Crippen molar-refractivity contribution in [2.75, 3.05) is 23.7 Å². The maximum Gasteiger partial charge on any atom is 0.309 e. The smallest absolute Gasteiger partial charge is 0.309 e. The van der Waals surface area contributed by atoms with Crippen molar-refractivity contribution in [1.29, 1.82) is 0 Å². The van der Waals surface area contributed by atoms with Crippen molar-refractivity contribution in [3.8, 4) is 11.1 Å². The first-order valence-electron chi connectivity index (χ1n) is 18.6. The Balaban J connectivity index is 1.04. The first kappa shape index (κ1) is 37.1. The van der Waals surface area contributed by atoms with Gasteiger partial charge in [-0.1, -0.05) is 67.7 Å². The minimum atomic E-state index is -0.627. The molecule has 3 N–H and O–H groups in total. The number of halogens is 2. The van der Waals surface area contributed by atoms with Gasteiger partial charge in [-0.2, -0.15) is 0 Å². The zero-order valence-corrected chi connectivity index (χ0v) is 32.3. The molecule has 2 aromatic carbocycles. The number of hydrogen-bond donors (Lipinski definition) is 3. The fraction of sp³-hybridized carbons (Fsp3) is 0.475. The van der Waals surface area contributed by atoms with Crippen molar-refractivity contribution >= 4 is 52.4 Å². The number of amides is 2. The monoisotopic (exact) mass is 759 g/mol. The van der Waals surface area contributed by atoms with Crippen molar-refractivity contribution in [3.05, 3.63) is 80.9 Å². The molecule has 11 nitrogen and oxygen atoms in total. The summed E-state index contributed by atoms with van der Waals surface area (Å²) in [7, 11) is 3.73. The molecule has 3 aliphatic rings. The number of nitrogens with zero attached hydrogens (tertiary/aromatic N) is 5. The number of hydrogen-bond acceptors (Lipinski definition) is 6. The van der Waals surface area contributed by atoms with Crippen LogP contribution in [0, 0.1) is 10.8 Å².